The van der Waals surface area contributed by atoms with Gasteiger partial charge in [-0.05, 0) is 80.1 Å². The number of aryl methyl sites for hydroxylation is 1. The van der Waals surface area contributed by atoms with E-state index in [1.807, 2.05) is 26.0 Å². The van der Waals surface area contributed by atoms with Crippen molar-refractivity contribution in [3.05, 3.63) is 95.1 Å². The fourth-order valence-corrected chi connectivity index (χ4v) is 2.66. The maximum Gasteiger partial charge on any atom is 0.343 e. The van der Waals surface area contributed by atoms with Crippen molar-refractivity contribution >= 4 is 18.1 Å². The zero-order valence-corrected chi connectivity index (χ0v) is 16.8. The first-order valence-corrected chi connectivity index (χ1v) is 9.50. The summed E-state index contributed by atoms with van der Waals surface area (Å²) in [6.07, 6.45) is 1.51. The molecule has 0 aliphatic carbocycles. The molecule has 1 amide bonds. The Balaban J connectivity index is 1.54. The van der Waals surface area contributed by atoms with Crippen LogP contribution in [0.25, 0.3) is 0 Å². The molecule has 0 aromatic heterocycles. The molecule has 3 aromatic rings. The first-order valence-electron chi connectivity index (χ1n) is 9.50. The third-order valence-electron chi connectivity index (χ3n) is 4.15. The van der Waals surface area contributed by atoms with Crippen molar-refractivity contribution in [2.24, 2.45) is 5.10 Å². The van der Waals surface area contributed by atoms with Crippen LogP contribution in [-0.4, -0.2) is 24.7 Å². The SMILES string of the molecule is CCOc1ccc(C(=O)N/N=C\c2ccc(OC(=O)c3cccc(C)c3)cc2)cc1. The Hall–Kier alpha value is -3.93. The lowest BCUT2D eigenvalue weighted by molar-refractivity contribution is 0.0734. The largest absolute Gasteiger partial charge is 0.494 e. The average Bonchev–Trinajstić information content (AvgIpc) is 2.75. The van der Waals surface area contributed by atoms with Gasteiger partial charge in [-0.15, -0.1) is 0 Å². The quantitative estimate of drug-likeness (QED) is 0.275. The van der Waals surface area contributed by atoms with Gasteiger partial charge in [-0.25, -0.2) is 10.2 Å². The minimum atomic E-state index is -0.414. The molecule has 0 heterocycles. The zero-order chi connectivity index (χ0) is 21.3. The molecular formula is C24H22N2O4. The summed E-state index contributed by atoms with van der Waals surface area (Å²) in [7, 11) is 0. The summed E-state index contributed by atoms with van der Waals surface area (Å²) >= 11 is 0. The second-order valence-corrected chi connectivity index (χ2v) is 6.48. The minimum absolute atomic E-state index is 0.321. The number of nitrogens with one attached hydrogen (secondary N) is 1. The van der Waals surface area contributed by atoms with Crippen molar-refractivity contribution in [1.82, 2.24) is 5.43 Å². The average molecular weight is 402 g/mol. The number of nitrogens with zero attached hydrogens (tertiary/aromatic N) is 1. The lowest BCUT2D eigenvalue weighted by Gasteiger charge is -2.05. The van der Waals surface area contributed by atoms with Crippen LogP contribution in [0.3, 0.4) is 0 Å². The lowest BCUT2D eigenvalue weighted by atomic mass is 10.1. The standard InChI is InChI=1S/C24H22N2O4/c1-3-29-21-13-9-19(10-14-21)23(27)26-25-16-18-7-11-22(12-8-18)30-24(28)20-6-4-5-17(2)15-20/h4-16H,3H2,1-2H3,(H,26,27)/b25-16-. The van der Waals surface area contributed by atoms with Gasteiger partial charge in [0.2, 0.25) is 0 Å². The normalized spacial score (nSPS) is 10.6. The van der Waals surface area contributed by atoms with Gasteiger partial charge in [-0.3, -0.25) is 4.79 Å². The van der Waals surface area contributed by atoms with E-state index in [1.165, 1.54) is 6.21 Å². The molecule has 0 unspecified atom stereocenters. The molecule has 0 aliphatic rings. The highest BCUT2D eigenvalue weighted by Gasteiger charge is 2.08. The van der Waals surface area contributed by atoms with E-state index in [0.29, 0.717) is 29.2 Å². The van der Waals surface area contributed by atoms with Gasteiger partial charge in [0.15, 0.2) is 0 Å². The van der Waals surface area contributed by atoms with Crippen molar-refractivity contribution in [3.8, 4) is 11.5 Å². The molecule has 30 heavy (non-hydrogen) atoms. The Morgan fingerprint density at radius 3 is 2.30 bits per heavy atom. The highest BCUT2D eigenvalue weighted by Crippen LogP contribution is 2.15. The molecule has 0 atom stereocenters. The van der Waals surface area contributed by atoms with Gasteiger partial charge in [0, 0.05) is 5.56 Å². The molecule has 0 radical (unpaired) electrons. The van der Waals surface area contributed by atoms with Crippen molar-refractivity contribution in [1.29, 1.82) is 0 Å². The molecule has 0 bridgehead atoms. The first kappa shape index (κ1) is 20.8. The topological polar surface area (TPSA) is 77.0 Å². The van der Waals surface area contributed by atoms with E-state index in [4.69, 9.17) is 9.47 Å². The third kappa shape index (κ3) is 5.78. The minimum Gasteiger partial charge on any atom is -0.494 e. The van der Waals surface area contributed by atoms with Crippen molar-refractivity contribution < 1.29 is 19.1 Å². The third-order valence-corrected chi connectivity index (χ3v) is 4.15. The number of esters is 1. The Morgan fingerprint density at radius 1 is 0.933 bits per heavy atom. The maximum atomic E-state index is 12.2. The zero-order valence-electron chi connectivity index (χ0n) is 16.8. The first-order chi connectivity index (χ1) is 14.5. The van der Waals surface area contributed by atoms with E-state index in [2.05, 4.69) is 10.5 Å². The summed E-state index contributed by atoms with van der Waals surface area (Å²) in [5, 5.41) is 3.96. The molecule has 152 valence electrons. The summed E-state index contributed by atoms with van der Waals surface area (Å²) in [6, 6.07) is 20.9. The molecule has 0 aliphatic heterocycles. The summed E-state index contributed by atoms with van der Waals surface area (Å²) in [5.41, 5.74) is 5.19. The van der Waals surface area contributed by atoms with Crippen LogP contribution in [-0.2, 0) is 0 Å². The number of hydrogen-bond acceptors (Lipinski definition) is 5. The molecule has 3 aromatic carbocycles. The van der Waals surface area contributed by atoms with E-state index >= 15 is 0 Å². The van der Waals surface area contributed by atoms with Crippen molar-refractivity contribution in [3.63, 3.8) is 0 Å². The molecule has 6 heteroatoms. The van der Waals surface area contributed by atoms with Crippen LogP contribution in [0.1, 0.15) is 38.8 Å². The summed E-state index contributed by atoms with van der Waals surface area (Å²) in [4.78, 5) is 24.3. The smallest absolute Gasteiger partial charge is 0.343 e. The monoisotopic (exact) mass is 402 g/mol. The number of carbonyl (C=O) groups excluding carboxylic acids is 2. The number of rotatable bonds is 7. The number of hydrogen-bond donors (Lipinski definition) is 1. The Labute approximate surface area is 175 Å². The van der Waals surface area contributed by atoms with Gasteiger partial charge in [0.1, 0.15) is 11.5 Å². The van der Waals surface area contributed by atoms with E-state index < -0.39 is 5.97 Å². The second-order valence-electron chi connectivity index (χ2n) is 6.48. The van der Waals surface area contributed by atoms with Crippen LogP contribution in [0.2, 0.25) is 0 Å². The van der Waals surface area contributed by atoms with E-state index in [1.54, 1.807) is 60.7 Å². The molecule has 0 saturated carbocycles. The van der Waals surface area contributed by atoms with Gasteiger partial charge in [-0.1, -0.05) is 17.7 Å². The second kappa shape index (κ2) is 10.0. The summed E-state index contributed by atoms with van der Waals surface area (Å²) in [6.45, 7) is 4.38. The molecule has 0 fully saturated rings. The number of amides is 1. The van der Waals surface area contributed by atoms with Crippen LogP contribution in [0.5, 0.6) is 11.5 Å². The van der Waals surface area contributed by atoms with Crippen molar-refractivity contribution in [2.45, 2.75) is 13.8 Å². The Bertz CT molecular complexity index is 1040. The fraction of sp³-hybridized carbons (Fsp3) is 0.125. The van der Waals surface area contributed by atoms with E-state index in [-0.39, 0.29) is 5.91 Å². The molecular weight excluding hydrogens is 380 g/mol. The predicted octanol–water partition coefficient (Wildman–Crippen LogP) is 4.38. The predicted molar refractivity (Wildman–Crippen MR) is 115 cm³/mol. The van der Waals surface area contributed by atoms with Crippen LogP contribution < -0.4 is 14.9 Å². The Kier molecular flexibility index (Phi) is 6.95. The van der Waals surface area contributed by atoms with E-state index in [0.717, 1.165) is 11.1 Å². The van der Waals surface area contributed by atoms with Crippen molar-refractivity contribution in [2.75, 3.05) is 6.61 Å². The molecule has 0 spiro atoms. The summed E-state index contributed by atoms with van der Waals surface area (Å²) < 4.78 is 10.7. The van der Waals surface area contributed by atoms with Gasteiger partial charge < -0.3 is 9.47 Å². The summed E-state index contributed by atoms with van der Waals surface area (Å²) in [5.74, 6) is 0.401. The van der Waals surface area contributed by atoms with Crippen LogP contribution in [0.15, 0.2) is 77.9 Å². The van der Waals surface area contributed by atoms with Gasteiger partial charge in [0.05, 0.1) is 18.4 Å². The number of ether oxygens (including phenoxy) is 2. The van der Waals surface area contributed by atoms with Crippen LogP contribution in [0.4, 0.5) is 0 Å². The number of benzene rings is 3. The highest BCUT2D eigenvalue weighted by molar-refractivity contribution is 5.95. The molecule has 3 rings (SSSR count). The molecule has 6 nitrogen and oxygen atoms in total. The van der Waals surface area contributed by atoms with Gasteiger partial charge in [0.25, 0.3) is 5.91 Å². The molecule has 0 saturated heterocycles. The highest BCUT2D eigenvalue weighted by atomic mass is 16.5. The number of hydrazone groups is 1. The number of carbonyl (C=O) groups is 2. The van der Waals surface area contributed by atoms with Gasteiger partial charge >= 0.3 is 5.97 Å². The lowest BCUT2D eigenvalue weighted by Crippen LogP contribution is -2.17. The Morgan fingerprint density at radius 2 is 1.63 bits per heavy atom. The van der Waals surface area contributed by atoms with Gasteiger partial charge in [-0.2, -0.15) is 5.10 Å². The van der Waals surface area contributed by atoms with E-state index in [9.17, 15) is 9.59 Å². The maximum absolute atomic E-state index is 12.2. The van der Waals surface area contributed by atoms with Crippen LogP contribution in [0, 0.1) is 6.92 Å². The van der Waals surface area contributed by atoms with Crippen LogP contribution >= 0.6 is 0 Å². The molecule has 1 N–H and O–H groups in total. The fourth-order valence-electron chi connectivity index (χ4n) is 2.66.